The van der Waals surface area contributed by atoms with Crippen LogP contribution in [0.15, 0.2) is 47.6 Å². The number of carboxylic acid groups (broad SMARTS) is 1. The number of pyridine rings is 1. The molecule has 0 aliphatic carbocycles. The van der Waals surface area contributed by atoms with Crippen LogP contribution in [0, 0.1) is 0 Å². The number of nitrogens with zero attached hydrogens (tertiary/aromatic N) is 1. The maximum absolute atomic E-state index is 12.3. The molecule has 0 fully saturated rings. The number of hydrogen-bond donors (Lipinski definition) is 2. The van der Waals surface area contributed by atoms with E-state index >= 15 is 0 Å². The molecule has 0 amide bonds. The van der Waals surface area contributed by atoms with Gasteiger partial charge in [-0.3, -0.25) is 4.99 Å². The fourth-order valence-electron chi connectivity index (χ4n) is 6.63. The molecule has 6 rings (SSSR count). The van der Waals surface area contributed by atoms with E-state index in [1.54, 1.807) is 18.3 Å². The van der Waals surface area contributed by atoms with Gasteiger partial charge in [-0.25, -0.2) is 9.78 Å². The highest BCUT2D eigenvalue weighted by Crippen LogP contribution is 2.46. The summed E-state index contributed by atoms with van der Waals surface area (Å²) in [5, 5.41) is 15.6. The van der Waals surface area contributed by atoms with Crippen molar-refractivity contribution in [2.75, 3.05) is 5.32 Å². The molecule has 0 radical (unpaired) electrons. The topological polar surface area (TPSA) is 85.1 Å². The Bertz CT molecular complexity index is 1600. The number of fused-ring (bicyclic) bond motifs is 4. The fraction of sp³-hybridized carbons (Fsp3) is 0.387. The predicted octanol–water partition coefficient (Wildman–Crippen LogP) is 5.16. The number of ether oxygens (including phenoxy) is 1. The smallest absolute Gasteiger partial charge is 0.342 e. The van der Waals surface area contributed by atoms with E-state index < -0.39 is 5.97 Å². The van der Waals surface area contributed by atoms with E-state index in [1.165, 1.54) is 11.1 Å². The molecule has 6 heteroatoms. The fourth-order valence-corrected chi connectivity index (χ4v) is 6.63. The normalized spacial score (nSPS) is 22.3. The number of benzene rings is 2. The van der Waals surface area contributed by atoms with Gasteiger partial charge in [0, 0.05) is 40.2 Å². The first-order valence-electron chi connectivity index (χ1n) is 13.1. The van der Waals surface area contributed by atoms with E-state index in [-0.39, 0.29) is 16.6 Å². The van der Waals surface area contributed by atoms with E-state index in [2.05, 4.69) is 70.0 Å². The Morgan fingerprint density at radius 2 is 1.81 bits per heavy atom. The molecule has 0 saturated heterocycles. The van der Waals surface area contributed by atoms with Crippen LogP contribution in [0.3, 0.4) is 0 Å². The third kappa shape index (κ3) is 3.90. The second-order valence-corrected chi connectivity index (χ2v) is 12.2. The zero-order valence-corrected chi connectivity index (χ0v) is 22.3. The molecule has 3 aliphatic heterocycles. The molecule has 1 aromatic heterocycles. The molecule has 37 heavy (non-hydrogen) atoms. The standard InChI is InChI=1S/C31H33N3O3/c1-16-14-30(3,4)33-23-12-25-21(10-19(16)23)27(28-18(29(35)36)8-7-9-32-28)22-11-20-17(2)15-31(5,6)34-24(20)13-26(22)37-25/h7-13,16-17,33H,14-15H2,1-6H3,(H,35,36)/p+1. The summed E-state index contributed by atoms with van der Waals surface area (Å²) in [5.74, 6) is 1.13. The Balaban J connectivity index is 1.71. The number of nitrogens with one attached hydrogen (secondary N) is 2. The van der Waals surface area contributed by atoms with Crippen molar-refractivity contribution in [2.45, 2.75) is 77.3 Å². The van der Waals surface area contributed by atoms with Crippen molar-refractivity contribution in [1.82, 2.24) is 0 Å². The van der Waals surface area contributed by atoms with Crippen molar-refractivity contribution in [3.05, 3.63) is 81.1 Å². The van der Waals surface area contributed by atoms with Gasteiger partial charge in [-0.05, 0) is 81.7 Å². The number of H-pyrrole nitrogens is 1. The lowest BCUT2D eigenvalue weighted by atomic mass is 9.79. The summed E-state index contributed by atoms with van der Waals surface area (Å²) in [4.78, 5) is 20.6. The number of anilines is 1. The average molecular weight is 497 g/mol. The lowest BCUT2D eigenvalue weighted by Crippen LogP contribution is -2.37. The first-order chi connectivity index (χ1) is 17.4. The van der Waals surface area contributed by atoms with Crippen LogP contribution in [-0.2, 0) is 0 Å². The zero-order valence-electron chi connectivity index (χ0n) is 22.3. The predicted molar refractivity (Wildman–Crippen MR) is 143 cm³/mol. The van der Waals surface area contributed by atoms with Gasteiger partial charge in [0.25, 0.3) is 0 Å². The number of carbonyl (C=O) groups is 1. The highest BCUT2D eigenvalue weighted by atomic mass is 16.5. The van der Waals surface area contributed by atoms with Crippen molar-refractivity contribution in [3.8, 4) is 11.5 Å². The Morgan fingerprint density at radius 3 is 2.57 bits per heavy atom. The number of hydrogen-bond acceptors (Lipinski definition) is 4. The van der Waals surface area contributed by atoms with E-state index in [4.69, 9.17) is 9.73 Å². The molecule has 2 unspecified atom stereocenters. The minimum Gasteiger partial charge on any atom is -0.477 e. The molecule has 4 heterocycles. The van der Waals surface area contributed by atoms with Crippen LogP contribution in [-0.4, -0.2) is 22.2 Å². The van der Waals surface area contributed by atoms with Gasteiger partial charge in [0.05, 0.1) is 16.5 Å². The van der Waals surface area contributed by atoms with Gasteiger partial charge in [0.1, 0.15) is 17.1 Å². The minimum atomic E-state index is -0.966. The third-order valence-corrected chi connectivity index (χ3v) is 7.96. The highest BCUT2D eigenvalue weighted by Gasteiger charge is 2.35. The first kappa shape index (κ1) is 23.7. The Kier molecular flexibility index (Phi) is 5.07. The first-order valence-corrected chi connectivity index (χ1v) is 13.1. The molecule has 0 bridgehead atoms. The van der Waals surface area contributed by atoms with Gasteiger partial charge < -0.3 is 15.2 Å². The molecule has 2 aromatic carbocycles. The largest absolute Gasteiger partial charge is 0.477 e. The molecular formula is C31H34N3O3+. The monoisotopic (exact) mass is 496 g/mol. The van der Waals surface area contributed by atoms with Gasteiger partial charge in [0.15, 0.2) is 6.20 Å². The second-order valence-electron chi connectivity index (χ2n) is 12.2. The summed E-state index contributed by atoms with van der Waals surface area (Å²) < 4.78 is 6.59. The number of aromatic carboxylic acids is 1. The van der Waals surface area contributed by atoms with E-state index in [0.29, 0.717) is 23.3 Å². The molecule has 6 nitrogen and oxygen atoms in total. The van der Waals surface area contributed by atoms with E-state index in [0.717, 1.165) is 46.0 Å². The molecule has 0 saturated carbocycles. The molecule has 0 spiro atoms. The van der Waals surface area contributed by atoms with Crippen molar-refractivity contribution in [2.24, 2.45) is 4.99 Å². The maximum Gasteiger partial charge on any atom is 0.342 e. The van der Waals surface area contributed by atoms with Gasteiger partial charge in [0.2, 0.25) is 5.69 Å². The summed E-state index contributed by atoms with van der Waals surface area (Å²) in [5.41, 5.74) is 5.87. The van der Waals surface area contributed by atoms with Crippen LogP contribution in [0.1, 0.15) is 99.0 Å². The van der Waals surface area contributed by atoms with E-state index in [9.17, 15) is 9.90 Å². The minimum absolute atomic E-state index is 0.0247. The number of carboxylic acids is 1. The maximum atomic E-state index is 12.3. The molecule has 3 N–H and O–H groups in total. The molecule has 3 aromatic rings. The van der Waals surface area contributed by atoms with Crippen LogP contribution >= 0.6 is 0 Å². The summed E-state index contributed by atoms with van der Waals surface area (Å²) in [6, 6.07) is 11.9. The highest BCUT2D eigenvalue weighted by molar-refractivity contribution is 5.96. The van der Waals surface area contributed by atoms with Crippen molar-refractivity contribution in [3.63, 3.8) is 0 Å². The molecule has 2 atom stereocenters. The lowest BCUT2D eigenvalue weighted by molar-refractivity contribution is -0.382. The van der Waals surface area contributed by atoms with Crippen molar-refractivity contribution in [1.29, 1.82) is 0 Å². The number of aromatic nitrogens is 1. The van der Waals surface area contributed by atoms with Crippen LogP contribution in [0.5, 0.6) is 11.5 Å². The second kappa shape index (κ2) is 7.91. The Hall–Kier alpha value is -3.67. The lowest BCUT2D eigenvalue weighted by Gasteiger charge is -2.38. The summed E-state index contributed by atoms with van der Waals surface area (Å²) in [7, 11) is 0. The quantitative estimate of drug-likeness (QED) is 0.402. The van der Waals surface area contributed by atoms with Gasteiger partial charge in [-0.1, -0.05) is 13.8 Å². The summed E-state index contributed by atoms with van der Waals surface area (Å²) in [6.07, 6.45) is 3.75. The Morgan fingerprint density at radius 1 is 1.05 bits per heavy atom. The Labute approximate surface area is 217 Å². The van der Waals surface area contributed by atoms with Crippen LogP contribution in [0.2, 0.25) is 0 Å². The van der Waals surface area contributed by atoms with Crippen LogP contribution in [0.4, 0.5) is 5.69 Å². The average Bonchev–Trinajstić information content (AvgIpc) is 2.79. The summed E-state index contributed by atoms with van der Waals surface area (Å²) >= 11 is 0. The van der Waals surface area contributed by atoms with Gasteiger partial charge >= 0.3 is 5.97 Å². The van der Waals surface area contributed by atoms with Crippen LogP contribution in [0.25, 0.3) is 5.57 Å². The SMILES string of the molecule is CC1CC(C)(C)Nc2cc3c(cc21)C(c1[nH+]cccc1C(=O)O)=c1cc2c(cc1O3)=NC(C)(C)CC2C. The van der Waals surface area contributed by atoms with E-state index in [1.807, 2.05) is 6.07 Å². The van der Waals surface area contributed by atoms with Gasteiger partial charge in [-0.15, -0.1) is 0 Å². The molecule has 3 aliphatic rings. The van der Waals surface area contributed by atoms with Gasteiger partial charge in [-0.2, -0.15) is 0 Å². The molecular weight excluding hydrogens is 462 g/mol. The third-order valence-electron chi connectivity index (χ3n) is 7.96. The number of aromatic amines is 1. The van der Waals surface area contributed by atoms with Crippen LogP contribution < -0.4 is 25.6 Å². The van der Waals surface area contributed by atoms with Crippen molar-refractivity contribution >= 4 is 17.2 Å². The molecule has 190 valence electrons. The zero-order chi connectivity index (χ0) is 26.3. The number of rotatable bonds is 2. The summed E-state index contributed by atoms with van der Waals surface area (Å²) in [6.45, 7) is 13.3. The van der Waals surface area contributed by atoms with Crippen molar-refractivity contribution < 1.29 is 19.6 Å².